The number of ketones is 1. The van der Waals surface area contributed by atoms with Crippen molar-refractivity contribution in [3.63, 3.8) is 0 Å². The number of sulfonamides is 1. The summed E-state index contributed by atoms with van der Waals surface area (Å²) in [6, 6.07) is 17.6. The molecular formula is C23H18N4O3S. The number of carbonyl (C=O) groups excluding carboxylic acids is 1. The largest absolute Gasteiger partial charge is 0.287 e. The fourth-order valence-electron chi connectivity index (χ4n) is 3.33. The number of nitrogens with zero attached hydrogens (tertiary/aromatic N) is 4. The van der Waals surface area contributed by atoms with Crippen LogP contribution in [0.1, 0.15) is 16.1 Å². The SMILES string of the molecule is C#CCN(c1cccc(-c2ccnc3c(C(=O)c4ccccc4)ncn23)c1)S(C)(=O)=O. The first-order valence-electron chi connectivity index (χ1n) is 9.33. The molecule has 7 nitrogen and oxygen atoms in total. The van der Waals surface area contributed by atoms with Crippen molar-refractivity contribution in [2.75, 3.05) is 17.1 Å². The zero-order chi connectivity index (χ0) is 22.0. The van der Waals surface area contributed by atoms with Gasteiger partial charge in [0.15, 0.2) is 11.3 Å². The Balaban J connectivity index is 1.81. The van der Waals surface area contributed by atoms with Crippen molar-refractivity contribution in [3.8, 4) is 23.6 Å². The number of anilines is 1. The summed E-state index contributed by atoms with van der Waals surface area (Å²) in [7, 11) is -3.54. The molecule has 2 aromatic carbocycles. The zero-order valence-electron chi connectivity index (χ0n) is 16.6. The molecule has 4 rings (SSSR count). The highest BCUT2D eigenvalue weighted by molar-refractivity contribution is 7.92. The molecule has 0 fully saturated rings. The van der Waals surface area contributed by atoms with Crippen LogP contribution in [0.3, 0.4) is 0 Å². The second-order valence-corrected chi connectivity index (χ2v) is 8.74. The van der Waals surface area contributed by atoms with E-state index >= 15 is 0 Å². The summed E-state index contributed by atoms with van der Waals surface area (Å²) in [6.45, 7) is -0.0746. The second kappa shape index (κ2) is 8.05. The van der Waals surface area contributed by atoms with E-state index in [1.54, 1.807) is 59.1 Å². The van der Waals surface area contributed by atoms with Crippen molar-refractivity contribution in [1.29, 1.82) is 0 Å². The van der Waals surface area contributed by atoms with Gasteiger partial charge in [0.05, 0.1) is 24.2 Å². The molecule has 0 aliphatic heterocycles. The van der Waals surface area contributed by atoms with Crippen LogP contribution in [0.5, 0.6) is 0 Å². The Morgan fingerprint density at radius 1 is 1.10 bits per heavy atom. The summed E-state index contributed by atoms with van der Waals surface area (Å²) in [6.07, 6.45) is 9.60. The lowest BCUT2D eigenvalue weighted by atomic mass is 10.1. The van der Waals surface area contributed by atoms with Gasteiger partial charge in [-0.3, -0.25) is 13.5 Å². The van der Waals surface area contributed by atoms with Crippen molar-refractivity contribution in [2.45, 2.75) is 0 Å². The molecule has 0 saturated heterocycles. The van der Waals surface area contributed by atoms with Crippen LogP contribution in [0.15, 0.2) is 73.2 Å². The maximum Gasteiger partial charge on any atom is 0.233 e. The van der Waals surface area contributed by atoms with Crippen molar-refractivity contribution in [1.82, 2.24) is 14.4 Å². The predicted octanol–water partition coefficient (Wildman–Crippen LogP) is 3.03. The van der Waals surface area contributed by atoms with Crippen molar-refractivity contribution in [3.05, 3.63) is 84.4 Å². The quantitative estimate of drug-likeness (QED) is 0.347. The fraction of sp³-hybridized carbons (Fsp3) is 0.0870. The van der Waals surface area contributed by atoms with Gasteiger partial charge in [-0.1, -0.05) is 48.4 Å². The molecule has 0 aliphatic rings. The van der Waals surface area contributed by atoms with Crippen LogP contribution in [0, 0.1) is 12.3 Å². The number of carbonyl (C=O) groups is 1. The average Bonchev–Trinajstić information content (AvgIpc) is 3.21. The Labute approximate surface area is 180 Å². The summed E-state index contributed by atoms with van der Waals surface area (Å²) < 4.78 is 27.2. The molecule has 0 radical (unpaired) electrons. The minimum absolute atomic E-state index is 0.0746. The summed E-state index contributed by atoms with van der Waals surface area (Å²) in [4.78, 5) is 21.5. The van der Waals surface area contributed by atoms with E-state index in [1.165, 1.54) is 6.33 Å². The molecule has 154 valence electrons. The summed E-state index contributed by atoms with van der Waals surface area (Å²) >= 11 is 0. The van der Waals surface area contributed by atoms with Gasteiger partial charge in [-0.15, -0.1) is 6.42 Å². The zero-order valence-corrected chi connectivity index (χ0v) is 17.5. The lowest BCUT2D eigenvalue weighted by Crippen LogP contribution is -2.30. The first kappa shape index (κ1) is 20.3. The number of hydrogen-bond acceptors (Lipinski definition) is 5. The molecule has 0 bridgehead atoms. The number of benzene rings is 2. The van der Waals surface area contributed by atoms with Crippen molar-refractivity contribution < 1.29 is 13.2 Å². The maximum atomic E-state index is 12.9. The summed E-state index contributed by atoms with van der Waals surface area (Å²) in [5.41, 5.74) is 3.07. The Kier molecular flexibility index (Phi) is 5.28. The number of aromatic nitrogens is 3. The lowest BCUT2D eigenvalue weighted by molar-refractivity contribution is 0.103. The van der Waals surface area contributed by atoms with Crippen molar-refractivity contribution in [2.24, 2.45) is 0 Å². The van der Waals surface area contributed by atoms with E-state index in [9.17, 15) is 13.2 Å². The van der Waals surface area contributed by atoms with Gasteiger partial charge in [0.1, 0.15) is 6.33 Å². The summed E-state index contributed by atoms with van der Waals surface area (Å²) in [5, 5.41) is 0. The first-order valence-corrected chi connectivity index (χ1v) is 11.2. The van der Waals surface area contributed by atoms with E-state index in [1.807, 2.05) is 12.1 Å². The van der Waals surface area contributed by atoms with Crippen LogP contribution in [-0.4, -0.2) is 41.4 Å². The highest BCUT2D eigenvalue weighted by atomic mass is 32.2. The molecule has 0 aliphatic carbocycles. The topological polar surface area (TPSA) is 84.6 Å². The molecule has 2 aromatic heterocycles. The maximum absolute atomic E-state index is 12.9. The molecule has 31 heavy (non-hydrogen) atoms. The Hall–Kier alpha value is -3.96. The highest BCUT2D eigenvalue weighted by Gasteiger charge is 2.20. The number of terminal acetylenes is 1. The van der Waals surface area contributed by atoms with Gasteiger partial charge in [-0.25, -0.2) is 18.4 Å². The third-order valence-corrected chi connectivity index (χ3v) is 5.89. The monoisotopic (exact) mass is 430 g/mol. The van der Waals surface area contributed by atoms with Gasteiger partial charge in [0.2, 0.25) is 15.8 Å². The molecule has 0 amide bonds. The van der Waals surface area contributed by atoms with Crippen LogP contribution in [0.4, 0.5) is 5.69 Å². The lowest BCUT2D eigenvalue weighted by Gasteiger charge is -2.20. The van der Waals surface area contributed by atoms with E-state index in [0.29, 0.717) is 22.6 Å². The molecule has 8 heteroatoms. The van der Waals surface area contributed by atoms with Gasteiger partial charge in [0, 0.05) is 17.3 Å². The van der Waals surface area contributed by atoms with E-state index in [0.717, 1.165) is 16.1 Å². The Bertz CT molecular complexity index is 1420. The van der Waals surface area contributed by atoms with Crippen molar-refractivity contribution >= 4 is 27.1 Å². The Morgan fingerprint density at radius 3 is 2.58 bits per heavy atom. The number of rotatable bonds is 6. The van der Waals surface area contributed by atoms with Gasteiger partial charge in [0.25, 0.3) is 0 Å². The van der Waals surface area contributed by atoms with E-state index in [4.69, 9.17) is 6.42 Å². The molecule has 0 saturated carbocycles. The van der Waals surface area contributed by atoms with Crippen LogP contribution in [-0.2, 0) is 10.0 Å². The highest BCUT2D eigenvalue weighted by Crippen LogP contribution is 2.27. The average molecular weight is 430 g/mol. The molecule has 4 aromatic rings. The third-order valence-electron chi connectivity index (χ3n) is 4.75. The number of fused-ring (bicyclic) bond motifs is 1. The minimum Gasteiger partial charge on any atom is -0.287 e. The predicted molar refractivity (Wildman–Crippen MR) is 119 cm³/mol. The standard InChI is InChI=1S/C23H18N4O3S/c1-3-14-27(31(2,29)30)19-11-7-10-18(15-19)20-12-13-24-23-21(25-16-26(20)23)22(28)17-8-5-4-6-9-17/h1,4-13,15-16H,14H2,2H3. The molecule has 0 N–H and O–H groups in total. The normalized spacial score (nSPS) is 11.2. The van der Waals surface area contributed by atoms with Gasteiger partial charge in [-0.05, 0) is 18.2 Å². The van der Waals surface area contributed by atoms with Gasteiger partial charge in [-0.2, -0.15) is 0 Å². The third kappa shape index (κ3) is 3.91. The van der Waals surface area contributed by atoms with E-state index < -0.39 is 10.0 Å². The molecule has 0 spiro atoms. The first-order chi connectivity index (χ1) is 14.9. The van der Waals surface area contributed by atoms with Crippen LogP contribution in [0.2, 0.25) is 0 Å². The molecular weight excluding hydrogens is 412 g/mol. The van der Waals surface area contributed by atoms with E-state index in [2.05, 4.69) is 15.9 Å². The second-order valence-electron chi connectivity index (χ2n) is 6.84. The molecule has 2 heterocycles. The molecule has 0 unspecified atom stereocenters. The number of imidazole rings is 1. The fourth-order valence-corrected chi connectivity index (χ4v) is 4.13. The Morgan fingerprint density at radius 2 is 1.87 bits per heavy atom. The number of hydrogen-bond donors (Lipinski definition) is 0. The smallest absolute Gasteiger partial charge is 0.233 e. The van der Waals surface area contributed by atoms with E-state index in [-0.39, 0.29) is 18.0 Å². The van der Waals surface area contributed by atoms with Gasteiger partial charge >= 0.3 is 0 Å². The van der Waals surface area contributed by atoms with Gasteiger partial charge < -0.3 is 0 Å². The van der Waals surface area contributed by atoms with Crippen LogP contribution in [0.25, 0.3) is 16.9 Å². The molecule has 0 atom stereocenters. The minimum atomic E-state index is -3.54. The van der Waals surface area contributed by atoms with Crippen LogP contribution < -0.4 is 4.31 Å². The van der Waals surface area contributed by atoms with Crippen LogP contribution >= 0.6 is 0 Å². The summed E-state index contributed by atoms with van der Waals surface area (Å²) in [5.74, 6) is 2.15.